The SMILES string of the molecule is COc1ccc(NC(=O)c2nnc(Cl)s2)cc1[N+](=O)[O-]. The molecule has 2 aromatic rings. The molecule has 8 nitrogen and oxygen atoms in total. The molecule has 1 heterocycles. The van der Waals surface area contributed by atoms with Crippen LogP contribution in [0, 0.1) is 10.1 Å². The van der Waals surface area contributed by atoms with Gasteiger partial charge in [0.05, 0.1) is 12.0 Å². The molecule has 0 saturated heterocycles. The number of nitro benzene ring substituents is 1. The van der Waals surface area contributed by atoms with Crippen molar-refractivity contribution < 1.29 is 14.5 Å². The van der Waals surface area contributed by atoms with Crippen molar-refractivity contribution in [2.75, 3.05) is 12.4 Å². The fraction of sp³-hybridized carbons (Fsp3) is 0.100. The van der Waals surface area contributed by atoms with E-state index in [1.807, 2.05) is 0 Å². The highest BCUT2D eigenvalue weighted by Crippen LogP contribution is 2.30. The summed E-state index contributed by atoms with van der Waals surface area (Å²) < 4.78 is 5.00. The van der Waals surface area contributed by atoms with E-state index in [4.69, 9.17) is 16.3 Å². The van der Waals surface area contributed by atoms with Crippen molar-refractivity contribution in [2.45, 2.75) is 0 Å². The predicted octanol–water partition coefficient (Wildman–Crippen LogP) is 2.36. The number of hydrogen-bond donors (Lipinski definition) is 1. The van der Waals surface area contributed by atoms with Crippen molar-refractivity contribution in [3.05, 3.63) is 37.8 Å². The van der Waals surface area contributed by atoms with Crippen molar-refractivity contribution in [2.24, 2.45) is 0 Å². The molecule has 0 aliphatic heterocycles. The number of anilines is 1. The largest absolute Gasteiger partial charge is 0.490 e. The van der Waals surface area contributed by atoms with E-state index in [0.29, 0.717) is 0 Å². The van der Waals surface area contributed by atoms with Gasteiger partial charge in [0.25, 0.3) is 5.91 Å². The maximum atomic E-state index is 11.8. The molecule has 104 valence electrons. The van der Waals surface area contributed by atoms with Crippen LogP contribution in [0.2, 0.25) is 4.47 Å². The van der Waals surface area contributed by atoms with Crippen molar-refractivity contribution >= 4 is 40.2 Å². The van der Waals surface area contributed by atoms with Gasteiger partial charge in [-0.15, -0.1) is 10.2 Å². The van der Waals surface area contributed by atoms with Crippen LogP contribution < -0.4 is 10.1 Å². The van der Waals surface area contributed by atoms with Gasteiger partial charge in [0.15, 0.2) is 5.75 Å². The number of nitrogens with one attached hydrogen (secondary N) is 1. The van der Waals surface area contributed by atoms with Crippen molar-refractivity contribution in [3.63, 3.8) is 0 Å². The normalized spacial score (nSPS) is 10.1. The van der Waals surface area contributed by atoms with Crippen molar-refractivity contribution in [1.82, 2.24) is 10.2 Å². The van der Waals surface area contributed by atoms with Crippen LogP contribution in [0.15, 0.2) is 18.2 Å². The molecule has 0 fully saturated rings. The lowest BCUT2D eigenvalue weighted by atomic mass is 10.2. The minimum atomic E-state index is -0.601. The minimum Gasteiger partial charge on any atom is -0.490 e. The molecular weight excluding hydrogens is 308 g/mol. The van der Waals surface area contributed by atoms with Gasteiger partial charge in [-0.3, -0.25) is 14.9 Å². The topological polar surface area (TPSA) is 107 Å². The van der Waals surface area contributed by atoms with Crippen LogP contribution in [-0.4, -0.2) is 28.1 Å². The van der Waals surface area contributed by atoms with Crippen LogP contribution in [0.25, 0.3) is 0 Å². The summed E-state index contributed by atoms with van der Waals surface area (Å²) in [6, 6.07) is 4.06. The third-order valence-corrected chi connectivity index (χ3v) is 3.25. The molecule has 0 bridgehead atoms. The van der Waals surface area contributed by atoms with Gasteiger partial charge in [-0.05, 0) is 23.7 Å². The molecule has 0 aliphatic rings. The first-order valence-electron chi connectivity index (χ1n) is 5.14. The van der Waals surface area contributed by atoms with Gasteiger partial charge in [-0.1, -0.05) is 11.3 Å². The molecule has 0 atom stereocenters. The van der Waals surface area contributed by atoms with Crippen LogP contribution >= 0.6 is 22.9 Å². The van der Waals surface area contributed by atoms with Crippen LogP contribution in [0.5, 0.6) is 5.75 Å². The number of carbonyl (C=O) groups is 1. The predicted molar refractivity (Wildman–Crippen MR) is 72.5 cm³/mol. The number of nitro groups is 1. The van der Waals surface area contributed by atoms with Gasteiger partial charge in [0.2, 0.25) is 9.47 Å². The third-order valence-electron chi connectivity index (χ3n) is 2.23. The number of rotatable bonds is 4. The lowest BCUT2D eigenvalue weighted by Crippen LogP contribution is -2.11. The Balaban J connectivity index is 2.23. The zero-order chi connectivity index (χ0) is 14.7. The van der Waals surface area contributed by atoms with E-state index in [2.05, 4.69) is 15.5 Å². The molecule has 0 saturated carbocycles. The van der Waals surface area contributed by atoms with E-state index in [1.54, 1.807) is 0 Å². The summed E-state index contributed by atoms with van der Waals surface area (Å²) in [6.45, 7) is 0. The Bertz CT molecular complexity index is 675. The van der Waals surface area contributed by atoms with E-state index < -0.39 is 10.8 Å². The van der Waals surface area contributed by atoms with Gasteiger partial charge in [-0.2, -0.15) is 0 Å². The Morgan fingerprint density at radius 1 is 1.50 bits per heavy atom. The Morgan fingerprint density at radius 2 is 2.25 bits per heavy atom. The number of amides is 1. The quantitative estimate of drug-likeness (QED) is 0.685. The highest BCUT2D eigenvalue weighted by Gasteiger charge is 2.18. The number of methoxy groups -OCH3 is 1. The molecule has 1 aromatic heterocycles. The smallest absolute Gasteiger partial charge is 0.312 e. The summed E-state index contributed by atoms with van der Waals surface area (Å²) in [5.74, 6) is -0.444. The molecule has 0 aliphatic carbocycles. The van der Waals surface area contributed by atoms with Gasteiger partial charge in [0.1, 0.15) is 0 Å². The molecule has 0 unspecified atom stereocenters. The summed E-state index contributed by atoms with van der Waals surface area (Å²) in [7, 11) is 1.32. The van der Waals surface area contributed by atoms with Crippen molar-refractivity contribution in [1.29, 1.82) is 0 Å². The zero-order valence-electron chi connectivity index (χ0n) is 9.99. The van der Waals surface area contributed by atoms with E-state index in [9.17, 15) is 14.9 Å². The second kappa shape index (κ2) is 5.80. The molecule has 10 heteroatoms. The first-order valence-corrected chi connectivity index (χ1v) is 6.33. The number of aromatic nitrogens is 2. The zero-order valence-corrected chi connectivity index (χ0v) is 11.6. The molecule has 2 rings (SSSR count). The first-order chi connectivity index (χ1) is 9.51. The van der Waals surface area contributed by atoms with Crippen LogP contribution in [0.1, 0.15) is 9.80 Å². The monoisotopic (exact) mass is 314 g/mol. The number of ether oxygens (including phenoxy) is 1. The Hall–Kier alpha value is -2.26. The van der Waals surface area contributed by atoms with Gasteiger partial charge < -0.3 is 10.1 Å². The van der Waals surface area contributed by atoms with Crippen molar-refractivity contribution in [3.8, 4) is 5.75 Å². The Labute approximate surface area is 121 Å². The summed E-state index contributed by atoms with van der Waals surface area (Å²) in [5, 5.41) is 20.5. The van der Waals surface area contributed by atoms with Crippen LogP contribution in [-0.2, 0) is 0 Å². The van der Waals surface area contributed by atoms with E-state index in [0.717, 1.165) is 11.3 Å². The average molecular weight is 315 g/mol. The van der Waals surface area contributed by atoms with E-state index >= 15 is 0 Å². The summed E-state index contributed by atoms with van der Waals surface area (Å²) in [4.78, 5) is 22.1. The highest BCUT2D eigenvalue weighted by atomic mass is 35.5. The molecule has 1 N–H and O–H groups in total. The fourth-order valence-electron chi connectivity index (χ4n) is 1.39. The summed E-state index contributed by atoms with van der Waals surface area (Å²) in [5.41, 5.74) is -0.00517. The first kappa shape index (κ1) is 14.2. The number of benzene rings is 1. The number of nitrogens with zero attached hydrogens (tertiary/aromatic N) is 3. The Morgan fingerprint density at radius 3 is 2.80 bits per heavy atom. The molecule has 0 spiro atoms. The maximum Gasteiger partial charge on any atom is 0.312 e. The Kier molecular flexibility index (Phi) is 4.11. The van der Waals surface area contributed by atoms with E-state index in [-0.39, 0.29) is 26.6 Å². The van der Waals surface area contributed by atoms with Gasteiger partial charge in [-0.25, -0.2) is 0 Å². The molecule has 20 heavy (non-hydrogen) atoms. The molecule has 1 aromatic carbocycles. The maximum absolute atomic E-state index is 11.8. The van der Waals surface area contributed by atoms with Crippen LogP contribution in [0.3, 0.4) is 0 Å². The van der Waals surface area contributed by atoms with E-state index in [1.165, 1.54) is 25.3 Å². The third kappa shape index (κ3) is 3.00. The number of halogens is 1. The molecule has 0 radical (unpaired) electrons. The number of hydrogen-bond acceptors (Lipinski definition) is 7. The second-order valence-corrected chi connectivity index (χ2v) is 5.02. The second-order valence-electron chi connectivity index (χ2n) is 3.46. The molecular formula is C10H7ClN4O4S. The lowest BCUT2D eigenvalue weighted by Gasteiger charge is -2.05. The van der Waals surface area contributed by atoms with Gasteiger partial charge >= 0.3 is 5.69 Å². The number of carbonyl (C=O) groups excluding carboxylic acids is 1. The fourth-order valence-corrected chi connectivity index (χ4v) is 2.12. The molecule has 1 amide bonds. The van der Waals surface area contributed by atoms with Crippen LogP contribution in [0.4, 0.5) is 11.4 Å². The van der Waals surface area contributed by atoms with Gasteiger partial charge in [0, 0.05) is 11.8 Å². The summed E-state index contributed by atoms with van der Waals surface area (Å²) >= 11 is 6.48. The highest BCUT2D eigenvalue weighted by molar-refractivity contribution is 7.17. The standard InChI is InChI=1S/C10H7ClN4O4S/c1-19-7-3-2-5(4-6(7)15(17)18)12-8(16)9-13-14-10(11)20-9/h2-4H,1H3,(H,12,16). The summed E-state index contributed by atoms with van der Waals surface area (Å²) in [6.07, 6.45) is 0. The lowest BCUT2D eigenvalue weighted by molar-refractivity contribution is -0.385. The average Bonchev–Trinajstić information content (AvgIpc) is 2.85. The minimum absolute atomic E-state index is 0.0634.